The van der Waals surface area contributed by atoms with Crippen LogP contribution in [0.4, 0.5) is 8.78 Å². The zero-order chi connectivity index (χ0) is 9.78. The van der Waals surface area contributed by atoms with Gasteiger partial charge in [0.05, 0.1) is 0 Å². The van der Waals surface area contributed by atoms with Gasteiger partial charge in [0, 0.05) is 6.08 Å². The average Bonchev–Trinajstić information content (AvgIpc) is 1.79. The number of esters is 1. The summed E-state index contributed by atoms with van der Waals surface area (Å²) in [6, 6.07) is 0. The minimum atomic E-state index is -2.61. The van der Waals surface area contributed by atoms with E-state index in [4.69, 9.17) is 4.74 Å². The van der Waals surface area contributed by atoms with Crippen LogP contribution in [-0.4, -0.2) is 18.0 Å². The van der Waals surface area contributed by atoms with Gasteiger partial charge >= 0.3 is 5.97 Å². The van der Waals surface area contributed by atoms with E-state index in [2.05, 4.69) is 0 Å². The first-order valence-corrected chi connectivity index (χ1v) is 3.50. The third-order valence-corrected chi connectivity index (χ3v) is 0.785. The van der Waals surface area contributed by atoms with E-state index in [-0.39, 0.29) is 0 Å². The summed E-state index contributed by atoms with van der Waals surface area (Å²) in [6.07, 6.45) is -1.39. The highest BCUT2D eigenvalue weighted by atomic mass is 19.3. The van der Waals surface area contributed by atoms with Gasteiger partial charge in [-0.15, -0.1) is 0 Å². The van der Waals surface area contributed by atoms with Crippen LogP contribution in [0.5, 0.6) is 0 Å². The molecule has 0 aromatic carbocycles. The monoisotopic (exact) mass is 178 g/mol. The summed E-state index contributed by atoms with van der Waals surface area (Å²) in [6.45, 7) is 5.00. The third-order valence-electron chi connectivity index (χ3n) is 0.785. The van der Waals surface area contributed by atoms with Crippen molar-refractivity contribution in [1.29, 1.82) is 0 Å². The van der Waals surface area contributed by atoms with E-state index in [1.54, 1.807) is 20.8 Å². The molecule has 0 saturated heterocycles. The molecule has 4 heteroatoms. The molecule has 0 aromatic rings. The number of hydrogen-bond donors (Lipinski definition) is 0. The molecule has 70 valence electrons. The molecule has 0 radical (unpaired) electrons. The van der Waals surface area contributed by atoms with Gasteiger partial charge in [0.1, 0.15) is 5.60 Å². The third kappa shape index (κ3) is 7.18. The van der Waals surface area contributed by atoms with Crippen molar-refractivity contribution in [2.45, 2.75) is 32.8 Å². The van der Waals surface area contributed by atoms with Crippen molar-refractivity contribution in [2.24, 2.45) is 0 Å². The van der Waals surface area contributed by atoms with Crippen LogP contribution in [0.3, 0.4) is 0 Å². The van der Waals surface area contributed by atoms with Crippen molar-refractivity contribution in [3.63, 3.8) is 0 Å². The molecule has 0 spiro atoms. The van der Waals surface area contributed by atoms with Crippen LogP contribution in [0.2, 0.25) is 0 Å². The van der Waals surface area contributed by atoms with Crippen LogP contribution in [-0.2, 0) is 9.53 Å². The second-order valence-corrected chi connectivity index (χ2v) is 3.23. The predicted octanol–water partition coefficient (Wildman–Crippen LogP) is 2.15. The quantitative estimate of drug-likeness (QED) is 0.478. The molecule has 12 heavy (non-hydrogen) atoms. The summed E-state index contributed by atoms with van der Waals surface area (Å²) >= 11 is 0. The van der Waals surface area contributed by atoms with Crippen molar-refractivity contribution in [3.05, 3.63) is 12.2 Å². The zero-order valence-corrected chi connectivity index (χ0v) is 7.30. The number of rotatable bonds is 2. The first kappa shape index (κ1) is 11.1. The Balaban J connectivity index is 3.91. The van der Waals surface area contributed by atoms with Gasteiger partial charge in [0.15, 0.2) is 0 Å². The summed E-state index contributed by atoms with van der Waals surface area (Å²) < 4.78 is 27.8. The zero-order valence-electron chi connectivity index (χ0n) is 7.30. The predicted molar refractivity (Wildman–Crippen MR) is 41.0 cm³/mol. The molecule has 2 nitrogen and oxygen atoms in total. The molecule has 0 fully saturated rings. The standard InChI is InChI=1S/C8H12F2O2/c1-8(2,3)12-7(11)5-4-6(9)10/h4-6H,1-3H3. The van der Waals surface area contributed by atoms with Crippen molar-refractivity contribution < 1.29 is 18.3 Å². The van der Waals surface area contributed by atoms with Gasteiger partial charge in [0.25, 0.3) is 6.43 Å². The Hall–Kier alpha value is -0.930. The molecule has 0 atom stereocenters. The number of hydrogen-bond acceptors (Lipinski definition) is 2. The molecule has 0 N–H and O–H groups in total. The summed E-state index contributed by atoms with van der Waals surface area (Å²) in [5.41, 5.74) is -0.635. The van der Waals surface area contributed by atoms with Crippen LogP contribution in [0.15, 0.2) is 12.2 Å². The molecule has 0 rings (SSSR count). The van der Waals surface area contributed by atoms with Gasteiger partial charge in [-0.05, 0) is 26.8 Å². The molecule has 0 saturated carbocycles. The second-order valence-electron chi connectivity index (χ2n) is 3.23. The van der Waals surface area contributed by atoms with E-state index in [1.807, 2.05) is 0 Å². The van der Waals surface area contributed by atoms with E-state index in [0.717, 1.165) is 6.08 Å². The minimum Gasteiger partial charge on any atom is -0.457 e. The van der Waals surface area contributed by atoms with Gasteiger partial charge in [-0.25, -0.2) is 13.6 Å². The Morgan fingerprint density at radius 3 is 2.25 bits per heavy atom. The summed E-state index contributed by atoms with van der Waals surface area (Å²) in [4.78, 5) is 10.7. The SMILES string of the molecule is CC(C)(C)OC(=O)C=CC(F)F. The fourth-order valence-corrected chi connectivity index (χ4v) is 0.487. The Kier molecular flexibility index (Phi) is 3.86. The molecule has 0 heterocycles. The normalized spacial score (nSPS) is 12.5. The summed E-state index contributed by atoms with van der Waals surface area (Å²) in [5, 5.41) is 0. The Morgan fingerprint density at radius 2 is 1.92 bits per heavy atom. The minimum absolute atomic E-state index is 0.494. The van der Waals surface area contributed by atoms with Crippen LogP contribution in [0, 0.1) is 0 Å². The maximum Gasteiger partial charge on any atom is 0.331 e. The highest BCUT2D eigenvalue weighted by Gasteiger charge is 2.14. The molecule has 0 aliphatic heterocycles. The van der Waals surface area contributed by atoms with Gasteiger partial charge in [-0.3, -0.25) is 0 Å². The van der Waals surface area contributed by atoms with Gasteiger partial charge in [-0.2, -0.15) is 0 Å². The number of carbonyl (C=O) groups is 1. The number of carbonyl (C=O) groups excluding carboxylic acids is 1. The molecular formula is C8H12F2O2. The second kappa shape index (κ2) is 4.18. The lowest BCUT2D eigenvalue weighted by Gasteiger charge is -2.17. The largest absolute Gasteiger partial charge is 0.457 e. The van der Waals surface area contributed by atoms with Crippen molar-refractivity contribution in [3.8, 4) is 0 Å². The lowest BCUT2D eigenvalue weighted by atomic mass is 10.2. The van der Waals surface area contributed by atoms with Crippen LogP contribution in [0.1, 0.15) is 20.8 Å². The lowest BCUT2D eigenvalue weighted by Crippen LogP contribution is -2.22. The smallest absolute Gasteiger partial charge is 0.331 e. The highest BCUT2D eigenvalue weighted by molar-refractivity contribution is 5.82. The number of ether oxygens (including phenoxy) is 1. The van der Waals surface area contributed by atoms with Crippen molar-refractivity contribution >= 4 is 5.97 Å². The van der Waals surface area contributed by atoms with E-state index < -0.39 is 18.0 Å². The average molecular weight is 178 g/mol. The van der Waals surface area contributed by atoms with Gasteiger partial charge in [0.2, 0.25) is 0 Å². The first-order chi connectivity index (χ1) is 5.31. The van der Waals surface area contributed by atoms with Crippen molar-refractivity contribution in [1.82, 2.24) is 0 Å². The number of halogens is 2. The summed E-state index contributed by atoms with van der Waals surface area (Å²) in [5.74, 6) is -0.747. The van der Waals surface area contributed by atoms with Gasteiger partial charge in [-0.1, -0.05) is 0 Å². The van der Waals surface area contributed by atoms with E-state index in [0.29, 0.717) is 6.08 Å². The van der Waals surface area contributed by atoms with Gasteiger partial charge < -0.3 is 4.74 Å². The highest BCUT2D eigenvalue weighted by Crippen LogP contribution is 2.07. The Morgan fingerprint density at radius 1 is 1.42 bits per heavy atom. The maximum atomic E-state index is 11.5. The fraction of sp³-hybridized carbons (Fsp3) is 0.625. The molecular weight excluding hydrogens is 166 g/mol. The topological polar surface area (TPSA) is 26.3 Å². The number of allylic oxidation sites excluding steroid dienone is 1. The van der Waals surface area contributed by atoms with Crippen molar-refractivity contribution in [2.75, 3.05) is 0 Å². The van der Waals surface area contributed by atoms with E-state index in [1.165, 1.54) is 0 Å². The van der Waals surface area contributed by atoms with E-state index in [9.17, 15) is 13.6 Å². The first-order valence-electron chi connectivity index (χ1n) is 3.50. The van der Waals surface area contributed by atoms with E-state index >= 15 is 0 Å². The molecule has 0 bridgehead atoms. The maximum absolute atomic E-state index is 11.5. The molecule has 0 aliphatic rings. The van der Waals surface area contributed by atoms with Crippen LogP contribution in [0.25, 0.3) is 0 Å². The van der Waals surface area contributed by atoms with Crippen LogP contribution < -0.4 is 0 Å². The molecule has 0 aliphatic carbocycles. The lowest BCUT2D eigenvalue weighted by molar-refractivity contribution is -0.148. The molecule has 0 unspecified atom stereocenters. The molecule has 0 amide bonds. The fourth-order valence-electron chi connectivity index (χ4n) is 0.487. The molecule has 0 aromatic heterocycles. The number of alkyl halides is 2. The van der Waals surface area contributed by atoms with Crippen LogP contribution >= 0.6 is 0 Å². The Labute approximate surface area is 70.2 Å². The summed E-state index contributed by atoms with van der Waals surface area (Å²) in [7, 11) is 0. The Bertz CT molecular complexity index is 180.